The van der Waals surface area contributed by atoms with Gasteiger partial charge < -0.3 is 5.11 Å². The summed E-state index contributed by atoms with van der Waals surface area (Å²) in [5, 5.41) is 10.9. The van der Waals surface area contributed by atoms with Crippen molar-refractivity contribution in [1.82, 2.24) is 0 Å². The van der Waals surface area contributed by atoms with Gasteiger partial charge in [0.05, 0.1) is 0 Å². The van der Waals surface area contributed by atoms with Crippen LogP contribution in [-0.2, 0) is 12.2 Å². The summed E-state index contributed by atoms with van der Waals surface area (Å²) in [4.78, 5) is 2.62. The number of benzene rings is 1. The van der Waals surface area contributed by atoms with Gasteiger partial charge in [0.15, 0.2) is 0 Å². The Balaban J connectivity index is 1.68. The minimum atomic E-state index is -0.442. The van der Waals surface area contributed by atoms with Crippen molar-refractivity contribution < 1.29 is 5.11 Å². The summed E-state index contributed by atoms with van der Waals surface area (Å²) >= 11 is 3.83. The molecular formula is C18H20OS2. The fourth-order valence-corrected chi connectivity index (χ4v) is 5.69. The highest BCUT2D eigenvalue weighted by molar-refractivity contribution is 7.98. The van der Waals surface area contributed by atoms with Crippen LogP contribution in [0, 0.1) is 0 Å². The Morgan fingerprint density at radius 1 is 1.19 bits per heavy atom. The Kier molecular flexibility index (Phi) is 3.82. The second kappa shape index (κ2) is 5.79. The molecule has 1 aliphatic carbocycles. The summed E-state index contributed by atoms with van der Waals surface area (Å²) in [5.74, 6) is 3.01. The first-order valence-electron chi connectivity index (χ1n) is 7.79. The standard InChI is InChI=1S/C18H20OS2/c19-18(17-10-13-11-20-9-8-16(13)21-17)15-7-2-1-6-14(15)12-4-3-5-12/h1-2,6-7,10,12,18-19H,3-5,8-9,11H2. The van der Waals surface area contributed by atoms with Crippen LogP contribution in [0.2, 0.25) is 0 Å². The molecule has 0 spiro atoms. The van der Waals surface area contributed by atoms with E-state index in [9.17, 15) is 5.11 Å². The van der Waals surface area contributed by atoms with Crippen LogP contribution in [0.5, 0.6) is 0 Å². The van der Waals surface area contributed by atoms with Gasteiger partial charge in [-0.15, -0.1) is 11.3 Å². The molecule has 1 aromatic heterocycles. The molecule has 3 heteroatoms. The molecule has 2 aliphatic rings. The van der Waals surface area contributed by atoms with Crippen LogP contribution in [0.3, 0.4) is 0 Å². The first-order valence-corrected chi connectivity index (χ1v) is 9.76. The van der Waals surface area contributed by atoms with Crippen molar-refractivity contribution in [2.75, 3.05) is 5.75 Å². The van der Waals surface area contributed by atoms with Gasteiger partial charge in [0.25, 0.3) is 0 Å². The van der Waals surface area contributed by atoms with Gasteiger partial charge in [-0.25, -0.2) is 0 Å². The van der Waals surface area contributed by atoms with Crippen molar-refractivity contribution in [3.05, 3.63) is 56.8 Å². The van der Waals surface area contributed by atoms with Gasteiger partial charge in [0.2, 0.25) is 0 Å². The van der Waals surface area contributed by atoms with Gasteiger partial charge in [0, 0.05) is 15.5 Å². The summed E-state index contributed by atoms with van der Waals surface area (Å²) in [5.41, 5.74) is 3.96. The van der Waals surface area contributed by atoms with E-state index >= 15 is 0 Å². The molecule has 1 nitrogen and oxygen atoms in total. The van der Waals surface area contributed by atoms with Crippen LogP contribution in [0.25, 0.3) is 0 Å². The van der Waals surface area contributed by atoms with E-state index in [4.69, 9.17) is 0 Å². The Labute approximate surface area is 134 Å². The summed E-state index contributed by atoms with van der Waals surface area (Å²) in [6.45, 7) is 0. The zero-order valence-corrected chi connectivity index (χ0v) is 13.7. The molecule has 2 aromatic rings. The van der Waals surface area contributed by atoms with E-state index in [0.29, 0.717) is 5.92 Å². The smallest absolute Gasteiger partial charge is 0.113 e. The maximum Gasteiger partial charge on any atom is 0.113 e. The van der Waals surface area contributed by atoms with E-state index < -0.39 is 6.10 Å². The number of aliphatic hydroxyl groups is 1. The fraction of sp³-hybridized carbons (Fsp3) is 0.444. The maximum absolute atomic E-state index is 10.9. The third-order valence-electron chi connectivity index (χ3n) is 4.75. The molecule has 1 saturated carbocycles. The molecule has 110 valence electrons. The van der Waals surface area contributed by atoms with Crippen LogP contribution in [0.15, 0.2) is 30.3 Å². The highest BCUT2D eigenvalue weighted by Crippen LogP contribution is 2.42. The fourth-order valence-electron chi connectivity index (χ4n) is 3.31. The number of hydrogen-bond acceptors (Lipinski definition) is 3. The average molecular weight is 316 g/mol. The van der Waals surface area contributed by atoms with Gasteiger partial charge in [-0.05, 0) is 53.7 Å². The molecular weight excluding hydrogens is 296 g/mol. The Bertz CT molecular complexity index is 619. The van der Waals surface area contributed by atoms with E-state index in [1.165, 1.54) is 47.4 Å². The predicted octanol–water partition coefficient (Wildman–Crippen LogP) is 4.89. The number of thioether (sulfide) groups is 1. The minimum Gasteiger partial charge on any atom is -0.383 e. The topological polar surface area (TPSA) is 20.2 Å². The van der Waals surface area contributed by atoms with Gasteiger partial charge in [-0.1, -0.05) is 30.7 Å². The van der Waals surface area contributed by atoms with E-state index in [-0.39, 0.29) is 0 Å². The minimum absolute atomic E-state index is 0.442. The molecule has 1 fully saturated rings. The molecule has 0 bridgehead atoms. The molecule has 1 atom stereocenters. The van der Waals surface area contributed by atoms with Crippen molar-refractivity contribution >= 4 is 23.1 Å². The van der Waals surface area contributed by atoms with E-state index in [0.717, 1.165) is 16.2 Å². The van der Waals surface area contributed by atoms with Crippen LogP contribution in [0.1, 0.15) is 57.7 Å². The third-order valence-corrected chi connectivity index (χ3v) is 7.05. The summed E-state index contributed by atoms with van der Waals surface area (Å²) in [7, 11) is 0. The lowest BCUT2D eigenvalue weighted by Crippen LogP contribution is -2.13. The van der Waals surface area contributed by atoms with Crippen molar-refractivity contribution in [1.29, 1.82) is 0 Å². The van der Waals surface area contributed by atoms with E-state index in [2.05, 4.69) is 30.3 Å². The molecule has 1 N–H and O–H groups in total. The van der Waals surface area contributed by atoms with Crippen LogP contribution < -0.4 is 0 Å². The Morgan fingerprint density at radius 3 is 2.81 bits per heavy atom. The normalized spacial score (nSPS) is 19.9. The molecule has 0 amide bonds. The van der Waals surface area contributed by atoms with Gasteiger partial charge in [-0.2, -0.15) is 11.8 Å². The molecule has 1 aliphatic heterocycles. The zero-order valence-electron chi connectivity index (χ0n) is 12.0. The molecule has 0 saturated heterocycles. The van der Waals surface area contributed by atoms with Gasteiger partial charge >= 0.3 is 0 Å². The Hall–Kier alpha value is -0.770. The number of aryl methyl sites for hydroxylation is 1. The molecule has 1 unspecified atom stereocenters. The zero-order chi connectivity index (χ0) is 14.2. The number of thiophene rings is 1. The molecule has 2 heterocycles. The molecule has 1 aromatic carbocycles. The lowest BCUT2D eigenvalue weighted by atomic mass is 9.77. The molecule has 0 radical (unpaired) electrons. The SMILES string of the molecule is OC(c1cc2c(s1)CCSC2)c1ccccc1C1CCC1. The maximum atomic E-state index is 10.9. The van der Waals surface area contributed by atoms with E-state index in [1.807, 2.05) is 23.1 Å². The monoisotopic (exact) mass is 316 g/mol. The predicted molar refractivity (Wildman–Crippen MR) is 91.3 cm³/mol. The van der Waals surface area contributed by atoms with Crippen molar-refractivity contribution in [2.45, 2.75) is 43.5 Å². The highest BCUT2D eigenvalue weighted by atomic mass is 32.2. The van der Waals surface area contributed by atoms with Crippen molar-refractivity contribution in [2.24, 2.45) is 0 Å². The number of aliphatic hydroxyl groups excluding tert-OH is 1. The second-order valence-corrected chi connectivity index (χ2v) is 8.33. The molecule has 21 heavy (non-hydrogen) atoms. The number of fused-ring (bicyclic) bond motifs is 1. The van der Waals surface area contributed by atoms with Crippen LogP contribution >= 0.6 is 23.1 Å². The summed E-state index contributed by atoms with van der Waals surface area (Å²) in [6, 6.07) is 10.7. The summed E-state index contributed by atoms with van der Waals surface area (Å²) in [6.07, 6.45) is 4.62. The summed E-state index contributed by atoms with van der Waals surface area (Å²) < 4.78 is 0. The highest BCUT2D eigenvalue weighted by Gasteiger charge is 2.26. The van der Waals surface area contributed by atoms with Gasteiger partial charge in [0.1, 0.15) is 6.10 Å². The lowest BCUT2D eigenvalue weighted by molar-refractivity contribution is 0.221. The van der Waals surface area contributed by atoms with Crippen molar-refractivity contribution in [3.8, 4) is 0 Å². The largest absolute Gasteiger partial charge is 0.383 e. The van der Waals surface area contributed by atoms with E-state index in [1.54, 1.807) is 0 Å². The third kappa shape index (κ3) is 2.56. The lowest BCUT2D eigenvalue weighted by Gasteiger charge is -2.29. The first-order chi connectivity index (χ1) is 10.3. The molecule has 4 rings (SSSR count). The quantitative estimate of drug-likeness (QED) is 0.870. The number of hydrogen-bond donors (Lipinski definition) is 1. The van der Waals surface area contributed by atoms with Crippen LogP contribution in [0.4, 0.5) is 0 Å². The second-order valence-electron chi connectivity index (χ2n) is 6.06. The first kappa shape index (κ1) is 13.9. The number of rotatable bonds is 3. The average Bonchev–Trinajstić information content (AvgIpc) is 2.89. The van der Waals surface area contributed by atoms with Crippen LogP contribution in [-0.4, -0.2) is 10.9 Å². The Morgan fingerprint density at radius 2 is 2.05 bits per heavy atom. The van der Waals surface area contributed by atoms with Gasteiger partial charge in [-0.3, -0.25) is 0 Å². The van der Waals surface area contributed by atoms with Crippen molar-refractivity contribution in [3.63, 3.8) is 0 Å².